The molecule has 1 atom stereocenters. The van der Waals surface area contributed by atoms with Crippen LogP contribution in [-0.4, -0.2) is 36.8 Å². The van der Waals surface area contributed by atoms with Crippen LogP contribution >= 0.6 is 46.3 Å². The molecule has 0 radical (unpaired) electrons. The van der Waals surface area contributed by atoms with Crippen LogP contribution in [0, 0.1) is 0 Å². The number of hydrogen-bond acceptors (Lipinski definition) is 7. The lowest BCUT2D eigenvalue weighted by Gasteiger charge is -2.30. The zero-order chi connectivity index (χ0) is 23.3. The number of rotatable bonds is 9. The quantitative estimate of drug-likeness (QED) is 0.297. The first-order chi connectivity index (χ1) is 15.2. The number of nitrogens with one attached hydrogen (secondary N) is 1. The lowest BCUT2D eigenvalue weighted by atomic mass is 10.2. The van der Waals surface area contributed by atoms with E-state index in [1.54, 1.807) is 6.92 Å². The van der Waals surface area contributed by atoms with Crippen molar-refractivity contribution in [2.75, 3.05) is 15.9 Å². The Bertz CT molecular complexity index is 1170. The minimum absolute atomic E-state index is 0.211. The number of thioether (sulfide) groups is 1. The maximum atomic E-state index is 13.0. The molecule has 1 heterocycles. The topological polar surface area (TPSA) is 92.3 Å². The van der Waals surface area contributed by atoms with Gasteiger partial charge in [-0.15, -0.1) is 10.2 Å². The summed E-state index contributed by atoms with van der Waals surface area (Å²) >= 11 is 14.8. The van der Waals surface area contributed by atoms with Crippen molar-refractivity contribution < 1.29 is 13.2 Å². The molecule has 0 saturated heterocycles. The van der Waals surface area contributed by atoms with E-state index in [9.17, 15) is 13.2 Å². The number of nitrogens with zero attached hydrogens (tertiary/aromatic N) is 3. The molecule has 1 aromatic heterocycles. The molecule has 170 valence electrons. The monoisotopic (exact) mass is 530 g/mol. The highest BCUT2D eigenvalue weighted by Gasteiger charge is 2.32. The van der Waals surface area contributed by atoms with Crippen LogP contribution < -0.4 is 9.62 Å². The highest BCUT2D eigenvalue weighted by Crippen LogP contribution is 2.31. The molecular weight excluding hydrogens is 511 g/mol. The minimum atomic E-state index is -3.82. The number of carbonyl (C=O) groups excluding carboxylic acids is 1. The smallest absolute Gasteiger partial charge is 0.250 e. The summed E-state index contributed by atoms with van der Waals surface area (Å²) in [5, 5.41) is 11.6. The van der Waals surface area contributed by atoms with Gasteiger partial charge in [-0.3, -0.25) is 14.4 Å². The molecule has 2 aromatic carbocycles. The van der Waals surface area contributed by atoms with Crippen LogP contribution in [0.2, 0.25) is 10.0 Å². The average Bonchev–Trinajstić information content (AvgIpc) is 3.16. The van der Waals surface area contributed by atoms with E-state index >= 15 is 0 Å². The van der Waals surface area contributed by atoms with Gasteiger partial charge in [-0.1, -0.05) is 83.6 Å². The minimum Gasteiger partial charge on any atom is -0.299 e. The number of aromatic nitrogens is 2. The zero-order valence-corrected chi connectivity index (χ0v) is 21.1. The van der Waals surface area contributed by atoms with Crippen molar-refractivity contribution in [3.8, 4) is 0 Å². The first-order valence-corrected chi connectivity index (χ1v) is 13.8. The van der Waals surface area contributed by atoms with Gasteiger partial charge in [0.15, 0.2) is 4.34 Å². The summed E-state index contributed by atoms with van der Waals surface area (Å²) in [7, 11) is -3.82. The largest absolute Gasteiger partial charge is 0.299 e. The number of benzene rings is 2. The van der Waals surface area contributed by atoms with E-state index in [2.05, 4.69) is 15.5 Å². The highest BCUT2D eigenvalue weighted by molar-refractivity contribution is 8.00. The third-order valence-electron chi connectivity index (χ3n) is 4.27. The molecule has 0 bridgehead atoms. The molecule has 3 rings (SSSR count). The molecular formula is C20H20Cl2N4O3S3. The average molecular weight is 532 g/mol. The first kappa shape index (κ1) is 24.8. The predicted octanol–water partition coefficient (Wildman–Crippen LogP) is 5.32. The van der Waals surface area contributed by atoms with Crippen molar-refractivity contribution in [1.82, 2.24) is 10.2 Å². The van der Waals surface area contributed by atoms with Crippen molar-refractivity contribution in [3.63, 3.8) is 0 Å². The lowest BCUT2D eigenvalue weighted by molar-refractivity contribution is -0.117. The number of amides is 1. The summed E-state index contributed by atoms with van der Waals surface area (Å²) < 4.78 is 26.8. The van der Waals surface area contributed by atoms with Gasteiger partial charge in [0.2, 0.25) is 21.1 Å². The van der Waals surface area contributed by atoms with Crippen LogP contribution in [0.5, 0.6) is 0 Å². The van der Waals surface area contributed by atoms with Crippen molar-refractivity contribution >= 4 is 73.0 Å². The fourth-order valence-electron chi connectivity index (χ4n) is 2.95. The van der Waals surface area contributed by atoms with Gasteiger partial charge >= 0.3 is 0 Å². The molecule has 0 aliphatic heterocycles. The highest BCUT2D eigenvalue weighted by atomic mass is 35.5. The fourth-order valence-corrected chi connectivity index (χ4v) is 6.37. The van der Waals surface area contributed by atoms with E-state index < -0.39 is 22.0 Å². The van der Waals surface area contributed by atoms with Crippen LogP contribution in [0.3, 0.4) is 0 Å². The Balaban J connectivity index is 1.76. The Morgan fingerprint density at radius 2 is 1.81 bits per heavy atom. The molecule has 12 heteroatoms. The molecule has 0 spiro atoms. The summed E-state index contributed by atoms with van der Waals surface area (Å²) in [6, 6.07) is 13.3. The molecule has 1 unspecified atom stereocenters. The van der Waals surface area contributed by atoms with E-state index in [1.165, 1.54) is 41.3 Å². The first-order valence-electron chi connectivity index (χ1n) is 9.44. The molecule has 0 saturated carbocycles. The van der Waals surface area contributed by atoms with Crippen molar-refractivity contribution in [2.45, 2.75) is 29.5 Å². The normalized spacial score (nSPS) is 12.4. The van der Waals surface area contributed by atoms with E-state index in [1.807, 2.05) is 30.3 Å². The lowest BCUT2D eigenvalue weighted by Crippen LogP contribution is -2.47. The molecule has 7 nitrogen and oxygen atoms in total. The molecule has 0 aliphatic carbocycles. The second-order valence-corrected chi connectivity index (χ2v) is 11.7. The van der Waals surface area contributed by atoms with Crippen LogP contribution in [0.1, 0.15) is 18.9 Å². The molecule has 0 aliphatic rings. The van der Waals surface area contributed by atoms with E-state index in [0.29, 0.717) is 9.47 Å². The summed E-state index contributed by atoms with van der Waals surface area (Å²) in [6.45, 7) is 1.72. The van der Waals surface area contributed by atoms with Gasteiger partial charge in [-0.25, -0.2) is 8.42 Å². The number of hydrogen-bond donors (Lipinski definition) is 1. The molecule has 3 aromatic rings. The van der Waals surface area contributed by atoms with Crippen LogP contribution in [-0.2, 0) is 20.6 Å². The van der Waals surface area contributed by atoms with Crippen LogP contribution in [0.4, 0.5) is 10.8 Å². The van der Waals surface area contributed by atoms with E-state index in [4.69, 9.17) is 23.2 Å². The molecule has 32 heavy (non-hydrogen) atoms. The number of halogens is 2. The van der Waals surface area contributed by atoms with Gasteiger partial charge in [-0.05, 0) is 30.2 Å². The Kier molecular flexibility index (Phi) is 8.40. The maximum absolute atomic E-state index is 13.0. The SMILES string of the molecule is CCC(C(=O)Nc1nnc(SCc2ccccc2)s1)N(c1cc(Cl)cc(Cl)c1)S(C)(=O)=O. The second kappa shape index (κ2) is 10.8. The van der Waals surface area contributed by atoms with Crippen molar-refractivity contribution in [3.05, 3.63) is 64.1 Å². The van der Waals surface area contributed by atoms with Crippen LogP contribution in [0.15, 0.2) is 52.9 Å². The number of anilines is 2. The fraction of sp³-hybridized carbons (Fsp3) is 0.250. The maximum Gasteiger partial charge on any atom is 0.250 e. The third kappa shape index (κ3) is 6.58. The second-order valence-electron chi connectivity index (χ2n) is 6.75. The predicted molar refractivity (Wildman–Crippen MR) is 132 cm³/mol. The Morgan fingerprint density at radius 1 is 1.16 bits per heavy atom. The van der Waals surface area contributed by atoms with Crippen molar-refractivity contribution in [1.29, 1.82) is 0 Å². The van der Waals surface area contributed by atoms with Gasteiger partial charge in [0, 0.05) is 15.8 Å². The summed E-state index contributed by atoms with van der Waals surface area (Å²) in [5.74, 6) is 0.197. The molecule has 1 N–H and O–H groups in total. The van der Waals surface area contributed by atoms with Gasteiger partial charge in [0.1, 0.15) is 6.04 Å². The van der Waals surface area contributed by atoms with Gasteiger partial charge in [0.25, 0.3) is 0 Å². The van der Waals surface area contributed by atoms with E-state index in [-0.39, 0.29) is 22.2 Å². The van der Waals surface area contributed by atoms with Crippen LogP contribution in [0.25, 0.3) is 0 Å². The van der Waals surface area contributed by atoms with Gasteiger partial charge < -0.3 is 0 Å². The summed E-state index contributed by atoms with van der Waals surface area (Å²) in [5.41, 5.74) is 1.36. The Hall–Kier alpha value is -1.85. The Morgan fingerprint density at radius 3 is 2.41 bits per heavy atom. The Labute approximate surface area is 205 Å². The number of carbonyl (C=O) groups is 1. The van der Waals surface area contributed by atoms with Crippen molar-refractivity contribution in [2.24, 2.45) is 0 Å². The summed E-state index contributed by atoms with van der Waals surface area (Å²) in [4.78, 5) is 13.0. The van der Waals surface area contributed by atoms with E-state index in [0.717, 1.165) is 21.9 Å². The summed E-state index contributed by atoms with van der Waals surface area (Å²) in [6.07, 6.45) is 1.25. The number of sulfonamides is 1. The third-order valence-corrected chi connectivity index (χ3v) is 7.93. The van der Waals surface area contributed by atoms with Gasteiger partial charge in [0.05, 0.1) is 11.9 Å². The molecule has 0 fully saturated rings. The standard InChI is InChI=1S/C20H20Cl2N4O3S3/c1-3-17(26(32(2,28)29)16-10-14(21)9-15(22)11-16)18(27)23-19-24-25-20(31-19)30-12-13-7-5-4-6-8-13/h4-11,17H,3,12H2,1-2H3,(H,23,24,27). The zero-order valence-electron chi connectivity index (χ0n) is 17.2. The molecule has 1 amide bonds. The van der Waals surface area contributed by atoms with Gasteiger partial charge in [-0.2, -0.15) is 0 Å².